The summed E-state index contributed by atoms with van der Waals surface area (Å²) in [6, 6.07) is 15.9. The first-order valence-corrected chi connectivity index (χ1v) is 11.1. The van der Waals surface area contributed by atoms with Crippen molar-refractivity contribution in [2.75, 3.05) is 19.4 Å². The summed E-state index contributed by atoms with van der Waals surface area (Å²) in [5.41, 5.74) is 1.10. The van der Waals surface area contributed by atoms with Crippen LogP contribution in [0.5, 0.6) is 5.75 Å². The van der Waals surface area contributed by atoms with E-state index in [4.69, 9.17) is 9.26 Å². The molecule has 0 spiro atoms. The number of hydrogen-bond acceptors (Lipinski definition) is 7. The fraction of sp³-hybridized carbons (Fsp3) is 0.286. The Kier molecular flexibility index (Phi) is 6.83. The Morgan fingerprint density at radius 2 is 1.83 bits per heavy atom. The van der Waals surface area contributed by atoms with Gasteiger partial charge in [0, 0.05) is 13.0 Å². The third kappa shape index (κ3) is 5.44. The molecule has 1 unspecified atom stereocenters. The molecular weight excluding hydrogens is 406 g/mol. The molecule has 0 fully saturated rings. The minimum absolute atomic E-state index is 0.0333. The van der Waals surface area contributed by atoms with Gasteiger partial charge in [-0.3, -0.25) is 4.79 Å². The Balaban J connectivity index is 1.54. The first-order chi connectivity index (χ1) is 14.4. The maximum Gasteiger partial charge on any atom is 0.315 e. The van der Waals surface area contributed by atoms with Gasteiger partial charge in [0.15, 0.2) is 15.7 Å². The molecule has 0 radical (unpaired) electrons. The average Bonchev–Trinajstić information content (AvgIpc) is 3.26. The van der Waals surface area contributed by atoms with Crippen LogP contribution in [-0.2, 0) is 16.3 Å². The van der Waals surface area contributed by atoms with Crippen LogP contribution in [0.2, 0.25) is 0 Å². The Morgan fingerprint density at radius 3 is 2.50 bits per heavy atom. The van der Waals surface area contributed by atoms with Crippen LogP contribution in [0.4, 0.5) is 0 Å². The highest BCUT2D eigenvalue weighted by Gasteiger charge is 2.19. The van der Waals surface area contributed by atoms with Gasteiger partial charge in [0.1, 0.15) is 5.75 Å². The molecule has 158 valence electrons. The summed E-state index contributed by atoms with van der Waals surface area (Å²) in [6.07, 6.45) is 0.0333. The van der Waals surface area contributed by atoms with Gasteiger partial charge in [0.05, 0.1) is 17.8 Å². The van der Waals surface area contributed by atoms with Gasteiger partial charge in [-0.2, -0.15) is 4.98 Å². The summed E-state index contributed by atoms with van der Waals surface area (Å²) < 4.78 is 34.9. The normalized spacial score (nSPS) is 12.3. The molecule has 30 heavy (non-hydrogen) atoms. The molecule has 0 aliphatic heterocycles. The van der Waals surface area contributed by atoms with Gasteiger partial charge in [-0.25, -0.2) is 8.42 Å². The quantitative estimate of drug-likeness (QED) is 0.556. The molecule has 1 aromatic heterocycles. The van der Waals surface area contributed by atoms with E-state index in [0.29, 0.717) is 12.3 Å². The van der Waals surface area contributed by atoms with Gasteiger partial charge < -0.3 is 14.6 Å². The second kappa shape index (κ2) is 9.53. The summed E-state index contributed by atoms with van der Waals surface area (Å²) in [4.78, 5) is 16.4. The number of ether oxygens (including phenoxy) is 1. The van der Waals surface area contributed by atoms with Crippen molar-refractivity contribution < 1.29 is 22.5 Å². The van der Waals surface area contributed by atoms with E-state index in [-0.39, 0.29) is 34.7 Å². The second-order valence-corrected chi connectivity index (χ2v) is 8.89. The molecule has 0 bridgehead atoms. The number of aryl methyl sites for hydroxylation is 1. The molecule has 2 aromatic carbocycles. The predicted octanol–water partition coefficient (Wildman–Crippen LogP) is 2.63. The standard InChI is InChI=1S/C21H23N3O5S/c1-15(16-6-4-3-5-7-16)14-22-20(25)21-23-19(24-29-21)12-13-30(26,27)18-10-8-17(28-2)9-11-18/h3-11,15H,12-14H2,1-2H3,(H,22,25). The van der Waals surface area contributed by atoms with Gasteiger partial charge in [-0.15, -0.1) is 0 Å². The molecule has 8 nitrogen and oxygen atoms in total. The van der Waals surface area contributed by atoms with E-state index in [2.05, 4.69) is 15.5 Å². The molecular formula is C21H23N3O5S. The number of nitrogens with one attached hydrogen (secondary N) is 1. The fourth-order valence-electron chi connectivity index (χ4n) is 2.80. The summed E-state index contributed by atoms with van der Waals surface area (Å²) in [6.45, 7) is 2.41. The van der Waals surface area contributed by atoms with Gasteiger partial charge in [0.2, 0.25) is 0 Å². The first kappa shape index (κ1) is 21.5. The lowest BCUT2D eigenvalue weighted by Crippen LogP contribution is -2.27. The van der Waals surface area contributed by atoms with Crippen molar-refractivity contribution in [1.82, 2.24) is 15.5 Å². The molecule has 0 aliphatic carbocycles. The van der Waals surface area contributed by atoms with Crippen molar-refractivity contribution in [2.24, 2.45) is 0 Å². The van der Waals surface area contributed by atoms with E-state index >= 15 is 0 Å². The molecule has 9 heteroatoms. The van der Waals surface area contributed by atoms with Crippen LogP contribution in [0.1, 0.15) is 34.9 Å². The van der Waals surface area contributed by atoms with Crippen molar-refractivity contribution in [3.8, 4) is 5.75 Å². The number of hydrogen-bond donors (Lipinski definition) is 1. The zero-order valence-electron chi connectivity index (χ0n) is 16.7. The van der Waals surface area contributed by atoms with E-state index in [0.717, 1.165) is 5.56 Å². The van der Waals surface area contributed by atoms with E-state index in [1.165, 1.54) is 19.2 Å². The lowest BCUT2D eigenvalue weighted by molar-refractivity contribution is 0.0907. The number of amides is 1. The molecule has 0 saturated heterocycles. The van der Waals surface area contributed by atoms with Crippen molar-refractivity contribution in [3.05, 3.63) is 71.9 Å². The number of carbonyl (C=O) groups excluding carboxylic acids is 1. The Bertz CT molecular complexity index is 1080. The highest BCUT2D eigenvalue weighted by Crippen LogP contribution is 2.17. The van der Waals surface area contributed by atoms with Crippen LogP contribution in [0, 0.1) is 0 Å². The number of benzene rings is 2. The monoisotopic (exact) mass is 429 g/mol. The Morgan fingerprint density at radius 1 is 1.13 bits per heavy atom. The molecule has 3 aromatic rings. The number of methoxy groups -OCH3 is 1. The second-order valence-electron chi connectivity index (χ2n) is 6.78. The first-order valence-electron chi connectivity index (χ1n) is 9.41. The summed E-state index contributed by atoms with van der Waals surface area (Å²) in [5, 5.41) is 6.47. The van der Waals surface area contributed by atoms with E-state index in [9.17, 15) is 13.2 Å². The van der Waals surface area contributed by atoms with Crippen molar-refractivity contribution in [3.63, 3.8) is 0 Å². The molecule has 0 aliphatic rings. The highest BCUT2D eigenvalue weighted by molar-refractivity contribution is 7.91. The SMILES string of the molecule is COc1ccc(S(=O)(=O)CCc2noc(C(=O)NCC(C)c3ccccc3)n2)cc1. The van der Waals surface area contributed by atoms with Crippen LogP contribution in [-0.4, -0.2) is 43.9 Å². The zero-order valence-corrected chi connectivity index (χ0v) is 17.6. The van der Waals surface area contributed by atoms with E-state index < -0.39 is 15.7 Å². The Labute approximate surface area is 175 Å². The number of nitrogens with zero attached hydrogens (tertiary/aromatic N) is 2. The minimum Gasteiger partial charge on any atom is -0.497 e. The van der Waals surface area contributed by atoms with Gasteiger partial charge in [0.25, 0.3) is 0 Å². The maximum atomic E-state index is 12.5. The molecule has 1 heterocycles. The van der Waals surface area contributed by atoms with Crippen LogP contribution in [0.15, 0.2) is 64.0 Å². The predicted molar refractivity (Wildman–Crippen MR) is 110 cm³/mol. The van der Waals surface area contributed by atoms with Crippen molar-refractivity contribution in [2.45, 2.75) is 24.2 Å². The van der Waals surface area contributed by atoms with E-state index in [1.54, 1.807) is 12.1 Å². The molecule has 1 amide bonds. The number of sulfone groups is 1. The topological polar surface area (TPSA) is 111 Å². The van der Waals surface area contributed by atoms with Crippen molar-refractivity contribution >= 4 is 15.7 Å². The Hall–Kier alpha value is -3.20. The summed E-state index contributed by atoms with van der Waals surface area (Å²) in [5.74, 6) is -0.0307. The molecule has 3 rings (SSSR count). The minimum atomic E-state index is -3.52. The third-order valence-corrected chi connectivity index (χ3v) is 6.34. The number of carbonyl (C=O) groups is 1. The third-order valence-electron chi connectivity index (χ3n) is 4.61. The van der Waals surface area contributed by atoms with Gasteiger partial charge in [-0.1, -0.05) is 42.4 Å². The average molecular weight is 429 g/mol. The number of rotatable bonds is 9. The lowest BCUT2D eigenvalue weighted by atomic mass is 10.0. The van der Waals surface area contributed by atoms with Gasteiger partial charge >= 0.3 is 11.8 Å². The smallest absolute Gasteiger partial charge is 0.315 e. The number of aromatic nitrogens is 2. The lowest BCUT2D eigenvalue weighted by Gasteiger charge is -2.11. The maximum absolute atomic E-state index is 12.5. The van der Waals surface area contributed by atoms with E-state index in [1.807, 2.05) is 37.3 Å². The summed E-state index contributed by atoms with van der Waals surface area (Å²) in [7, 11) is -2.01. The largest absolute Gasteiger partial charge is 0.497 e. The molecule has 0 saturated carbocycles. The van der Waals surface area contributed by atoms with Crippen LogP contribution < -0.4 is 10.1 Å². The van der Waals surface area contributed by atoms with Crippen LogP contribution >= 0.6 is 0 Å². The van der Waals surface area contributed by atoms with Crippen LogP contribution in [0.25, 0.3) is 0 Å². The summed E-state index contributed by atoms with van der Waals surface area (Å²) >= 11 is 0. The highest BCUT2D eigenvalue weighted by atomic mass is 32.2. The molecule has 1 N–H and O–H groups in total. The zero-order chi connectivity index (χ0) is 21.6. The fourth-order valence-corrected chi connectivity index (χ4v) is 4.03. The van der Waals surface area contributed by atoms with Crippen molar-refractivity contribution in [1.29, 1.82) is 0 Å². The van der Waals surface area contributed by atoms with Gasteiger partial charge in [-0.05, 0) is 35.7 Å². The molecule has 1 atom stereocenters. The van der Waals surface area contributed by atoms with Crippen LogP contribution in [0.3, 0.4) is 0 Å².